The average molecular weight is 504 g/mol. The van der Waals surface area contributed by atoms with Crippen molar-refractivity contribution in [2.75, 3.05) is 20.8 Å². The van der Waals surface area contributed by atoms with Gasteiger partial charge < -0.3 is 14.2 Å². The molecule has 0 radical (unpaired) electrons. The van der Waals surface area contributed by atoms with Crippen LogP contribution in [0.5, 0.6) is 11.5 Å². The number of thiazole rings is 1. The van der Waals surface area contributed by atoms with E-state index < -0.39 is 12.0 Å². The van der Waals surface area contributed by atoms with Crippen LogP contribution in [0.4, 0.5) is 0 Å². The number of methoxy groups -OCH3 is 2. The van der Waals surface area contributed by atoms with Crippen molar-refractivity contribution in [3.63, 3.8) is 0 Å². The summed E-state index contributed by atoms with van der Waals surface area (Å²) in [5, 5.41) is 1.69. The first-order valence-electron chi connectivity index (χ1n) is 11.5. The Kier molecular flexibility index (Phi) is 6.67. The third-order valence-corrected chi connectivity index (χ3v) is 7.26. The van der Waals surface area contributed by atoms with Crippen molar-refractivity contribution < 1.29 is 23.8 Å². The van der Waals surface area contributed by atoms with Gasteiger partial charge in [0.25, 0.3) is 0 Å². The lowest BCUT2D eigenvalue weighted by atomic mass is 10.0. The summed E-state index contributed by atoms with van der Waals surface area (Å²) in [4.78, 5) is 38.1. The van der Waals surface area contributed by atoms with E-state index in [9.17, 15) is 9.59 Å². The number of hydrogen-bond acceptors (Lipinski definition) is 9. The molecule has 0 spiro atoms. The van der Waals surface area contributed by atoms with E-state index in [1.54, 1.807) is 38.3 Å². The van der Waals surface area contributed by atoms with Gasteiger partial charge in [0.1, 0.15) is 16.5 Å². The molecule has 184 valence electrons. The minimum absolute atomic E-state index is 0.186. The largest absolute Gasteiger partial charge is 0.497 e. The normalized spacial score (nSPS) is 15.5. The summed E-state index contributed by atoms with van der Waals surface area (Å²) in [7, 11) is 3.16. The number of pyridine rings is 1. The molecule has 0 N–H and O–H groups in total. The van der Waals surface area contributed by atoms with Gasteiger partial charge in [0, 0.05) is 41.9 Å². The van der Waals surface area contributed by atoms with Gasteiger partial charge in [0.2, 0.25) is 5.78 Å². The van der Waals surface area contributed by atoms with Crippen LogP contribution >= 0.6 is 11.3 Å². The summed E-state index contributed by atoms with van der Waals surface area (Å²) in [5.41, 5.74) is 3.18. The van der Waals surface area contributed by atoms with Gasteiger partial charge in [0.05, 0.1) is 36.9 Å². The number of carbonyl (C=O) groups is 2. The topological polar surface area (TPSA) is 90.9 Å². The molecule has 0 fully saturated rings. The summed E-state index contributed by atoms with van der Waals surface area (Å²) in [6.45, 7) is 2.53. The molecule has 3 heterocycles. The lowest BCUT2D eigenvalue weighted by Gasteiger charge is -2.32. The maximum atomic E-state index is 13.6. The molecule has 1 atom stereocenters. The highest BCUT2D eigenvalue weighted by atomic mass is 32.1. The van der Waals surface area contributed by atoms with Crippen LogP contribution < -0.4 is 9.47 Å². The maximum absolute atomic E-state index is 13.6. The Morgan fingerprint density at radius 1 is 1.14 bits per heavy atom. The average Bonchev–Trinajstić information content (AvgIpc) is 3.33. The van der Waals surface area contributed by atoms with Crippen LogP contribution in [0.3, 0.4) is 0 Å². The lowest BCUT2D eigenvalue weighted by molar-refractivity contribution is -0.148. The van der Waals surface area contributed by atoms with Gasteiger partial charge in [-0.05, 0) is 25.1 Å². The van der Waals surface area contributed by atoms with Gasteiger partial charge in [-0.1, -0.05) is 24.3 Å². The standard InChI is InChI=1S/C27H25N3O5S/c1-4-35-27(32)23-24(31)25-21(15-30(23)14-17-9-10-19(33-2)12-22(17)34-3)29-26(36-25)18-11-16-7-5-6-8-20(16)28-13-18/h5-13,23H,4,14-15H2,1-3H3. The molecule has 8 nitrogen and oxygen atoms in total. The van der Waals surface area contributed by atoms with Crippen LogP contribution in [0.15, 0.2) is 54.7 Å². The van der Waals surface area contributed by atoms with Gasteiger partial charge in [-0.2, -0.15) is 0 Å². The molecule has 1 aliphatic rings. The zero-order valence-corrected chi connectivity index (χ0v) is 21.0. The SMILES string of the molecule is CCOC(=O)C1C(=O)c2sc(-c3cnc4ccccc4c3)nc2CN1Cc1ccc(OC)cc1OC. The third-order valence-electron chi connectivity index (χ3n) is 6.10. The maximum Gasteiger partial charge on any atom is 0.331 e. The van der Waals surface area contributed by atoms with Gasteiger partial charge in [0.15, 0.2) is 6.04 Å². The lowest BCUT2D eigenvalue weighted by Crippen LogP contribution is -2.49. The minimum atomic E-state index is -1.06. The quantitative estimate of drug-likeness (QED) is 0.269. The van der Waals surface area contributed by atoms with Gasteiger partial charge in [-0.15, -0.1) is 11.3 Å². The summed E-state index contributed by atoms with van der Waals surface area (Å²) >= 11 is 1.29. The summed E-state index contributed by atoms with van der Waals surface area (Å²) < 4.78 is 16.1. The Balaban J connectivity index is 1.52. The molecule has 1 unspecified atom stereocenters. The number of fused-ring (bicyclic) bond motifs is 2. The first-order chi connectivity index (χ1) is 17.5. The van der Waals surface area contributed by atoms with Crippen molar-refractivity contribution in [3.8, 4) is 22.1 Å². The van der Waals surface area contributed by atoms with Crippen molar-refractivity contribution in [3.05, 3.63) is 70.9 Å². The Labute approximate surface area is 212 Å². The number of Topliss-reactive ketones (excluding diaryl/α,β-unsaturated/α-hetero) is 1. The smallest absolute Gasteiger partial charge is 0.331 e. The molecule has 0 saturated heterocycles. The van der Waals surface area contributed by atoms with Crippen molar-refractivity contribution >= 4 is 34.0 Å². The second kappa shape index (κ2) is 10.0. The molecule has 0 bridgehead atoms. The van der Waals surface area contributed by atoms with Crippen LogP contribution in [-0.4, -0.2) is 53.5 Å². The number of carbonyl (C=O) groups excluding carboxylic acids is 2. The fraction of sp³-hybridized carbons (Fsp3) is 0.259. The highest BCUT2D eigenvalue weighted by Gasteiger charge is 2.42. The van der Waals surface area contributed by atoms with Crippen molar-refractivity contribution in [1.29, 1.82) is 0 Å². The van der Waals surface area contributed by atoms with E-state index in [1.165, 1.54) is 11.3 Å². The number of aromatic nitrogens is 2. The minimum Gasteiger partial charge on any atom is -0.497 e. The predicted molar refractivity (Wildman–Crippen MR) is 136 cm³/mol. The van der Waals surface area contributed by atoms with E-state index in [-0.39, 0.29) is 12.4 Å². The number of nitrogens with zero attached hydrogens (tertiary/aromatic N) is 3. The van der Waals surface area contributed by atoms with Crippen LogP contribution in [0, 0.1) is 0 Å². The highest BCUT2D eigenvalue weighted by Crippen LogP contribution is 2.36. The van der Waals surface area contributed by atoms with Crippen molar-refractivity contribution in [2.45, 2.75) is 26.1 Å². The zero-order chi connectivity index (χ0) is 25.2. The zero-order valence-electron chi connectivity index (χ0n) is 20.2. The van der Waals surface area contributed by atoms with E-state index in [2.05, 4.69) is 4.98 Å². The van der Waals surface area contributed by atoms with Gasteiger partial charge in [-0.25, -0.2) is 9.78 Å². The molecule has 0 aliphatic carbocycles. The molecule has 0 amide bonds. The van der Waals surface area contributed by atoms with E-state index in [1.807, 2.05) is 42.5 Å². The summed E-state index contributed by atoms with van der Waals surface area (Å²) in [5.74, 6) is 0.390. The Hall–Kier alpha value is -3.82. The second-order valence-corrected chi connectivity index (χ2v) is 9.31. The molecule has 2 aromatic carbocycles. The summed E-state index contributed by atoms with van der Waals surface area (Å²) in [6, 6.07) is 14.3. The number of hydrogen-bond donors (Lipinski definition) is 0. The number of ketones is 1. The molecule has 36 heavy (non-hydrogen) atoms. The third kappa shape index (κ3) is 4.43. The fourth-order valence-electron chi connectivity index (χ4n) is 4.36. The van der Waals surface area contributed by atoms with Crippen LogP contribution in [-0.2, 0) is 22.6 Å². The molecular formula is C27H25N3O5S. The monoisotopic (exact) mass is 503 g/mol. The Bertz CT molecular complexity index is 1450. The number of esters is 1. The Morgan fingerprint density at radius 2 is 1.97 bits per heavy atom. The van der Waals surface area contributed by atoms with Crippen LogP contribution in [0.1, 0.15) is 27.9 Å². The number of benzene rings is 2. The molecule has 5 rings (SSSR count). The molecular weight excluding hydrogens is 478 g/mol. The predicted octanol–water partition coefficient (Wildman–Crippen LogP) is 4.51. The van der Waals surface area contributed by atoms with Crippen molar-refractivity contribution in [2.24, 2.45) is 0 Å². The summed E-state index contributed by atoms with van der Waals surface area (Å²) in [6.07, 6.45) is 1.76. The van der Waals surface area contributed by atoms with E-state index >= 15 is 0 Å². The molecule has 0 saturated carbocycles. The number of ether oxygens (including phenoxy) is 3. The highest BCUT2D eigenvalue weighted by molar-refractivity contribution is 7.17. The van der Waals surface area contributed by atoms with Gasteiger partial charge in [-0.3, -0.25) is 14.7 Å². The van der Waals surface area contributed by atoms with E-state index in [0.717, 1.165) is 22.0 Å². The van der Waals surface area contributed by atoms with E-state index in [4.69, 9.17) is 19.2 Å². The molecule has 4 aromatic rings. The number of para-hydroxylation sites is 1. The van der Waals surface area contributed by atoms with Crippen LogP contribution in [0.2, 0.25) is 0 Å². The van der Waals surface area contributed by atoms with Gasteiger partial charge >= 0.3 is 5.97 Å². The molecule has 9 heteroatoms. The first-order valence-corrected chi connectivity index (χ1v) is 12.3. The molecule has 2 aromatic heterocycles. The molecule has 1 aliphatic heterocycles. The Morgan fingerprint density at radius 3 is 2.75 bits per heavy atom. The van der Waals surface area contributed by atoms with Crippen LogP contribution in [0.25, 0.3) is 21.5 Å². The fourth-order valence-corrected chi connectivity index (χ4v) is 5.38. The number of rotatable bonds is 7. The second-order valence-electron chi connectivity index (χ2n) is 8.31. The van der Waals surface area contributed by atoms with Crippen molar-refractivity contribution in [1.82, 2.24) is 14.9 Å². The first kappa shape index (κ1) is 23.9. The van der Waals surface area contributed by atoms with E-state index in [0.29, 0.717) is 40.2 Å².